The SMILES string of the molecule is CC(=O)Nc1cccc(Nc2ccc(NC(=O)c3cccs3)cc2)c1. The first-order valence-electron chi connectivity index (χ1n) is 7.70. The van der Waals surface area contributed by atoms with E-state index in [9.17, 15) is 9.59 Å². The van der Waals surface area contributed by atoms with Crippen LogP contribution in [0.4, 0.5) is 22.7 Å². The maximum absolute atomic E-state index is 12.0. The first-order chi connectivity index (χ1) is 12.1. The summed E-state index contributed by atoms with van der Waals surface area (Å²) in [5.74, 6) is -0.221. The van der Waals surface area contributed by atoms with Crippen molar-refractivity contribution in [3.63, 3.8) is 0 Å². The van der Waals surface area contributed by atoms with Crippen LogP contribution in [0.15, 0.2) is 66.0 Å². The van der Waals surface area contributed by atoms with Crippen molar-refractivity contribution >= 4 is 45.9 Å². The zero-order valence-electron chi connectivity index (χ0n) is 13.6. The molecule has 3 aromatic rings. The molecule has 0 aliphatic rings. The molecule has 25 heavy (non-hydrogen) atoms. The molecule has 1 heterocycles. The molecule has 0 saturated heterocycles. The summed E-state index contributed by atoms with van der Waals surface area (Å²) in [7, 11) is 0. The van der Waals surface area contributed by atoms with Gasteiger partial charge in [-0.1, -0.05) is 12.1 Å². The molecule has 0 atom stereocenters. The lowest BCUT2D eigenvalue weighted by atomic mass is 10.2. The Hall–Kier alpha value is -3.12. The number of carbonyl (C=O) groups excluding carboxylic acids is 2. The summed E-state index contributed by atoms with van der Waals surface area (Å²) >= 11 is 1.41. The smallest absolute Gasteiger partial charge is 0.265 e. The molecule has 5 nitrogen and oxygen atoms in total. The van der Waals surface area contributed by atoms with E-state index in [4.69, 9.17) is 0 Å². The fourth-order valence-electron chi connectivity index (χ4n) is 2.28. The fourth-order valence-corrected chi connectivity index (χ4v) is 2.90. The summed E-state index contributed by atoms with van der Waals surface area (Å²) in [6, 6.07) is 18.5. The molecule has 1 aromatic heterocycles. The molecule has 0 aliphatic carbocycles. The van der Waals surface area contributed by atoms with Gasteiger partial charge in [0.15, 0.2) is 0 Å². The van der Waals surface area contributed by atoms with Gasteiger partial charge >= 0.3 is 0 Å². The second kappa shape index (κ2) is 7.63. The van der Waals surface area contributed by atoms with Gasteiger partial charge in [0.05, 0.1) is 4.88 Å². The van der Waals surface area contributed by atoms with E-state index in [1.807, 2.05) is 60.0 Å². The molecule has 2 aromatic carbocycles. The Morgan fingerprint density at radius 2 is 1.52 bits per heavy atom. The third-order valence-corrected chi connectivity index (χ3v) is 4.23. The Kier molecular flexibility index (Phi) is 5.11. The number of nitrogens with one attached hydrogen (secondary N) is 3. The highest BCUT2D eigenvalue weighted by molar-refractivity contribution is 7.12. The van der Waals surface area contributed by atoms with Crippen LogP contribution >= 0.6 is 11.3 Å². The van der Waals surface area contributed by atoms with E-state index in [2.05, 4.69) is 16.0 Å². The minimum Gasteiger partial charge on any atom is -0.355 e. The van der Waals surface area contributed by atoms with Crippen LogP contribution in [0.3, 0.4) is 0 Å². The average Bonchev–Trinajstić information content (AvgIpc) is 3.11. The minimum absolute atomic E-state index is 0.108. The van der Waals surface area contributed by atoms with Crippen molar-refractivity contribution in [1.29, 1.82) is 0 Å². The van der Waals surface area contributed by atoms with E-state index in [-0.39, 0.29) is 11.8 Å². The van der Waals surface area contributed by atoms with Gasteiger partial charge in [-0.15, -0.1) is 11.3 Å². The van der Waals surface area contributed by atoms with E-state index in [1.165, 1.54) is 18.3 Å². The Bertz CT molecular complexity index is 874. The van der Waals surface area contributed by atoms with Crippen LogP contribution in [-0.2, 0) is 4.79 Å². The van der Waals surface area contributed by atoms with Crippen molar-refractivity contribution in [2.45, 2.75) is 6.92 Å². The predicted octanol–water partition coefficient (Wildman–Crippen LogP) is 4.70. The lowest BCUT2D eigenvalue weighted by Crippen LogP contribution is -2.09. The highest BCUT2D eigenvalue weighted by Crippen LogP contribution is 2.22. The van der Waals surface area contributed by atoms with Gasteiger partial charge < -0.3 is 16.0 Å². The molecule has 0 radical (unpaired) electrons. The van der Waals surface area contributed by atoms with Crippen molar-refractivity contribution in [2.75, 3.05) is 16.0 Å². The molecule has 0 unspecified atom stereocenters. The van der Waals surface area contributed by atoms with E-state index < -0.39 is 0 Å². The van der Waals surface area contributed by atoms with Crippen molar-refractivity contribution < 1.29 is 9.59 Å². The lowest BCUT2D eigenvalue weighted by Gasteiger charge is -2.10. The van der Waals surface area contributed by atoms with Gasteiger partial charge in [0.1, 0.15) is 0 Å². The van der Waals surface area contributed by atoms with Gasteiger partial charge in [0.25, 0.3) is 5.91 Å². The second-order valence-electron chi connectivity index (χ2n) is 5.40. The highest BCUT2D eigenvalue weighted by Gasteiger charge is 2.06. The Morgan fingerprint density at radius 3 is 2.20 bits per heavy atom. The number of thiophene rings is 1. The van der Waals surface area contributed by atoms with E-state index >= 15 is 0 Å². The molecule has 2 amide bonds. The summed E-state index contributed by atoms with van der Waals surface area (Å²) < 4.78 is 0. The van der Waals surface area contributed by atoms with Gasteiger partial charge in [-0.25, -0.2) is 0 Å². The quantitative estimate of drug-likeness (QED) is 0.624. The monoisotopic (exact) mass is 351 g/mol. The van der Waals surface area contributed by atoms with Crippen LogP contribution in [0.5, 0.6) is 0 Å². The number of carbonyl (C=O) groups is 2. The molecule has 0 fully saturated rings. The van der Waals surface area contributed by atoms with E-state index in [0.29, 0.717) is 4.88 Å². The molecule has 6 heteroatoms. The standard InChI is InChI=1S/C19H17N3O2S/c1-13(23)20-16-4-2-5-17(12-16)21-14-7-9-15(10-8-14)22-19(24)18-6-3-11-25-18/h2-12,21H,1H3,(H,20,23)(H,22,24). The molecule has 3 rings (SSSR count). The van der Waals surface area contributed by atoms with E-state index in [0.717, 1.165) is 22.7 Å². The number of amides is 2. The van der Waals surface area contributed by atoms with Crippen LogP contribution in [0.25, 0.3) is 0 Å². The highest BCUT2D eigenvalue weighted by atomic mass is 32.1. The largest absolute Gasteiger partial charge is 0.355 e. The predicted molar refractivity (Wildman–Crippen MR) is 103 cm³/mol. The summed E-state index contributed by atoms with van der Waals surface area (Å²) in [6.45, 7) is 1.48. The number of rotatable bonds is 5. The van der Waals surface area contributed by atoms with Gasteiger partial charge in [-0.05, 0) is 53.9 Å². The van der Waals surface area contributed by atoms with Gasteiger partial charge in [-0.3, -0.25) is 9.59 Å². The van der Waals surface area contributed by atoms with Crippen LogP contribution in [0, 0.1) is 0 Å². The molecule has 0 spiro atoms. The Balaban J connectivity index is 1.64. The van der Waals surface area contributed by atoms with Crippen LogP contribution < -0.4 is 16.0 Å². The van der Waals surface area contributed by atoms with Crippen molar-refractivity contribution in [3.05, 3.63) is 70.9 Å². The molecular formula is C19H17N3O2S. The molecule has 0 aliphatic heterocycles. The second-order valence-corrected chi connectivity index (χ2v) is 6.34. The summed E-state index contributed by atoms with van der Waals surface area (Å²) in [5, 5.41) is 10.7. The van der Waals surface area contributed by atoms with Crippen molar-refractivity contribution in [2.24, 2.45) is 0 Å². The summed E-state index contributed by atoms with van der Waals surface area (Å²) in [5.41, 5.74) is 3.21. The zero-order chi connectivity index (χ0) is 17.6. The molecule has 0 bridgehead atoms. The van der Waals surface area contributed by atoms with Gasteiger partial charge in [-0.2, -0.15) is 0 Å². The minimum atomic E-state index is -0.112. The number of benzene rings is 2. The van der Waals surface area contributed by atoms with Crippen molar-refractivity contribution in [1.82, 2.24) is 0 Å². The van der Waals surface area contributed by atoms with Crippen LogP contribution in [0.1, 0.15) is 16.6 Å². The molecule has 3 N–H and O–H groups in total. The third-order valence-electron chi connectivity index (χ3n) is 3.36. The maximum Gasteiger partial charge on any atom is 0.265 e. The topological polar surface area (TPSA) is 70.2 Å². The van der Waals surface area contributed by atoms with Crippen molar-refractivity contribution in [3.8, 4) is 0 Å². The fraction of sp³-hybridized carbons (Fsp3) is 0.0526. The molecular weight excluding hydrogens is 334 g/mol. The Morgan fingerprint density at radius 1 is 0.800 bits per heavy atom. The summed E-state index contributed by atoms with van der Waals surface area (Å²) in [4.78, 5) is 23.8. The van der Waals surface area contributed by atoms with Crippen LogP contribution in [-0.4, -0.2) is 11.8 Å². The molecule has 0 saturated carbocycles. The number of anilines is 4. The lowest BCUT2D eigenvalue weighted by molar-refractivity contribution is -0.114. The normalized spacial score (nSPS) is 10.1. The maximum atomic E-state index is 12.0. The first kappa shape index (κ1) is 16.7. The first-order valence-corrected chi connectivity index (χ1v) is 8.58. The number of hydrogen-bond donors (Lipinski definition) is 3. The third kappa shape index (κ3) is 4.68. The van der Waals surface area contributed by atoms with Crippen LogP contribution in [0.2, 0.25) is 0 Å². The number of hydrogen-bond acceptors (Lipinski definition) is 4. The summed E-state index contributed by atoms with van der Waals surface area (Å²) in [6.07, 6.45) is 0. The molecule has 126 valence electrons. The van der Waals surface area contributed by atoms with E-state index in [1.54, 1.807) is 6.07 Å². The zero-order valence-corrected chi connectivity index (χ0v) is 14.4. The van der Waals surface area contributed by atoms with Gasteiger partial charge in [0, 0.05) is 29.7 Å². The van der Waals surface area contributed by atoms with Gasteiger partial charge in [0.2, 0.25) is 5.91 Å². The average molecular weight is 351 g/mol. The Labute approximate surface area is 149 Å².